The number of allylic oxidation sites excluding steroid dienone is 5. The highest BCUT2D eigenvalue weighted by Gasteiger charge is 2.59. The van der Waals surface area contributed by atoms with Gasteiger partial charge >= 0.3 is 0 Å². The fourth-order valence-electron chi connectivity index (χ4n) is 6.18. The van der Waals surface area contributed by atoms with E-state index in [9.17, 15) is 8.78 Å². The maximum atomic E-state index is 14.5. The molecule has 0 radical (unpaired) electrons. The van der Waals surface area contributed by atoms with Gasteiger partial charge in [-0.2, -0.15) is 0 Å². The van der Waals surface area contributed by atoms with Gasteiger partial charge in [0.05, 0.1) is 0 Å². The maximum absolute atomic E-state index is 14.5. The number of hydrogen-bond donors (Lipinski definition) is 0. The SMILES string of the molecule is C=C(C)C(=C/C)/C=C(\C)C(C(CC)CC1CC(C)C1)C(CC)CC1(C(C)(F)F)CC1. The van der Waals surface area contributed by atoms with Crippen LogP contribution in [0, 0.1) is 35.0 Å². The van der Waals surface area contributed by atoms with Crippen molar-refractivity contribution in [3.05, 3.63) is 35.5 Å². The van der Waals surface area contributed by atoms with E-state index in [2.05, 4.69) is 60.3 Å². The number of alkyl halides is 2. The zero-order valence-electron chi connectivity index (χ0n) is 20.7. The van der Waals surface area contributed by atoms with Crippen molar-refractivity contribution in [3.8, 4) is 0 Å². The Hall–Kier alpha value is -0.920. The van der Waals surface area contributed by atoms with Gasteiger partial charge in [0.1, 0.15) is 0 Å². The van der Waals surface area contributed by atoms with E-state index in [1.165, 1.54) is 30.4 Å². The average molecular weight is 421 g/mol. The largest absolute Gasteiger partial charge is 0.250 e. The molecular formula is C28H46F2. The van der Waals surface area contributed by atoms with Gasteiger partial charge in [-0.25, -0.2) is 8.78 Å². The molecule has 2 fully saturated rings. The first kappa shape index (κ1) is 25.3. The fourth-order valence-corrected chi connectivity index (χ4v) is 6.18. The van der Waals surface area contributed by atoms with Crippen molar-refractivity contribution in [1.29, 1.82) is 0 Å². The Balaban J connectivity index is 2.35. The molecule has 0 aromatic rings. The fraction of sp³-hybridized carbons (Fsp3) is 0.786. The van der Waals surface area contributed by atoms with Crippen molar-refractivity contribution in [2.45, 2.75) is 106 Å². The van der Waals surface area contributed by atoms with Gasteiger partial charge < -0.3 is 0 Å². The molecule has 0 spiro atoms. The lowest BCUT2D eigenvalue weighted by Crippen LogP contribution is -2.34. The Morgan fingerprint density at radius 1 is 1.13 bits per heavy atom. The van der Waals surface area contributed by atoms with E-state index in [1.807, 2.05) is 0 Å². The Morgan fingerprint density at radius 2 is 1.70 bits per heavy atom. The minimum absolute atomic E-state index is 0.320. The van der Waals surface area contributed by atoms with Gasteiger partial charge in [-0.3, -0.25) is 0 Å². The molecule has 2 saturated carbocycles. The van der Waals surface area contributed by atoms with Gasteiger partial charge in [0.2, 0.25) is 0 Å². The summed E-state index contributed by atoms with van der Waals surface area (Å²) in [4.78, 5) is 0. The summed E-state index contributed by atoms with van der Waals surface area (Å²) < 4.78 is 28.9. The Labute approximate surface area is 185 Å². The molecular weight excluding hydrogens is 374 g/mol. The summed E-state index contributed by atoms with van der Waals surface area (Å²) >= 11 is 0. The number of hydrogen-bond acceptors (Lipinski definition) is 0. The smallest absolute Gasteiger partial charge is 0.207 e. The predicted octanol–water partition coefficient (Wildman–Crippen LogP) is 9.39. The van der Waals surface area contributed by atoms with E-state index in [4.69, 9.17) is 0 Å². The Morgan fingerprint density at radius 3 is 2.07 bits per heavy atom. The van der Waals surface area contributed by atoms with Crippen molar-refractivity contribution in [2.24, 2.45) is 35.0 Å². The first-order chi connectivity index (χ1) is 14.0. The third-order valence-corrected chi connectivity index (χ3v) is 8.32. The molecule has 3 unspecified atom stereocenters. The van der Waals surface area contributed by atoms with E-state index in [0.29, 0.717) is 37.0 Å². The van der Waals surface area contributed by atoms with Gasteiger partial charge in [0.15, 0.2) is 0 Å². The maximum Gasteiger partial charge on any atom is 0.250 e. The average Bonchev–Trinajstić information content (AvgIpc) is 3.43. The van der Waals surface area contributed by atoms with Crippen LogP contribution in [0.5, 0.6) is 0 Å². The summed E-state index contributed by atoms with van der Waals surface area (Å²) in [5.74, 6) is 0.386. The molecule has 2 aliphatic carbocycles. The molecule has 30 heavy (non-hydrogen) atoms. The normalized spacial score (nSPS) is 27.2. The van der Waals surface area contributed by atoms with Crippen LogP contribution in [0.3, 0.4) is 0 Å². The molecule has 0 nitrogen and oxygen atoms in total. The summed E-state index contributed by atoms with van der Waals surface area (Å²) in [5, 5.41) is 0. The number of rotatable bonds is 12. The van der Waals surface area contributed by atoms with E-state index in [1.54, 1.807) is 0 Å². The molecule has 0 saturated heterocycles. The van der Waals surface area contributed by atoms with Crippen molar-refractivity contribution in [2.75, 3.05) is 0 Å². The first-order valence-corrected chi connectivity index (χ1v) is 12.4. The Kier molecular flexibility index (Phi) is 8.56. The van der Waals surface area contributed by atoms with Crippen molar-refractivity contribution >= 4 is 0 Å². The van der Waals surface area contributed by atoms with Gasteiger partial charge in [0, 0.05) is 5.41 Å². The van der Waals surface area contributed by atoms with Crippen molar-refractivity contribution in [1.82, 2.24) is 0 Å². The van der Waals surface area contributed by atoms with Crippen LogP contribution >= 0.6 is 0 Å². The molecule has 2 heteroatoms. The van der Waals surface area contributed by atoms with E-state index in [-0.39, 0.29) is 0 Å². The van der Waals surface area contributed by atoms with Gasteiger partial charge in [-0.15, -0.1) is 0 Å². The zero-order chi connectivity index (χ0) is 22.7. The Bertz CT molecular complexity index is 638. The lowest BCUT2D eigenvalue weighted by molar-refractivity contribution is -0.0682. The summed E-state index contributed by atoms with van der Waals surface area (Å²) in [5.41, 5.74) is 2.87. The lowest BCUT2D eigenvalue weighted by Gasteiger charge is -2.41. The van der Waals surface area contributed by atoms with E-state index >= 15 is 0 Å². The topological polar surface area (TPSA) is 0 Å². The van der Waals surface area contributed by atoms with Crippen LogP contribution in [-0.2, 0) is 0 Å². The first-order valence-electron chi connectivity index (χ1n) is 12.4. The summed E-state index contributed by atoms with van der Waals surface area (Å²) in [6, 6.07) is 0. The standard InChI is InChI=1S/C28H46F2/c1-9-23(19(4)5)16-21(7)26(24(10-2)17-22-14-20(6)15-22)25(11-3)18-28(12-13-28)27(8,29)30/h9,16,20,22,24-26H,4,10-15,17-18H2,1-3,5-8H3/b21-16+,23-9+. The monoisotopic (exact) mass is 420 g/mol. The van der Waals surface area contributed by atoms with Crippen LogP contribution in [0.15, 0.2) is 35.5 Å². The summed E-state index contributed by atoms with van der Waals surface area (Å²) in [7, 11) is 0. The molecule has 172 valence electrons. The minimum Gasteiger partial charge on any atom is -0.207 e. The molecule has 0 bridgehead atoms. The molecule has 0 heterocycles. The van der Waals surface area contributed by atoms with Gasteiger partial charge in [-0.1, -0.05) is 63.5 Å². The quantitative estimate of drug-likeness (QED) is 0.276. The second kappa shape index (κ2) is 10.1. The highest BCUT2D eigenvalue weighted by molar-refractivity contribution is 5.38. The molecule has 2 aliphatic rings. The van der Waals surface area contributed by atoms with Crippen molar-refractivity contribution in [3.63, 3.8) is 0 Å². The second-order valence-corrected chi connectivity index (χ2v) is 10.8. The highest BCUT2D eigenvalue weighted by atomic mass is 19.3. The molecule has 0 aliphatic heterocycles. The number of halogens is 2. The molecule has 3 atom stereocenters. The molecule has 0 aromatic carbocycles. The van der Waals surface area contributed by atoms with Crippen LogP contribution < -0.4 is 0 Å². The second-order valence-electron chi connectivity index (χ2n) is 10.8. The van der Waals surface area contributed by atoms with Crippen LogP contribution in [-0.4, -0.2) is 5.92 Å². The zero-order valence-corrected chi connectivity index (χ0v) is 20.7. The van der Waals surface area contributed by atoms with Crippen LogP contribution in [0.4, 0.5) is 8.78 Å². The van der Waals surface area contributed by atoms with Crippen LogP contribution in [0.25, 0.3) is 0 Å². The van der Waals surface area contributed by atoms with Crippen LogP contribution in [0.2, 0.25) is 0 Å². The summed E-state index contributed by atoms with van der Waals surface area (Å²) in [6.45, 7) is 18.5. The minimum atomic E-state index is -2.57. The molecule has 2 rings (SSSR count). The van der Waals surface area contributed by atoms with Crippen molar-refractivity contribution < 1.29 is 8.78 Å². The molecule has 0 aromatic heterocycles. The molecule has 0 N–H and O–H groups in total. The lowest BCUT2D eigenvalue weighted by atomic mass is 9.64. The van der Waals surface area contributed by atoms with Crippen LogP contribution in [0.1, 0.15) is 99.8 Å². The predicted molar refractivity (Wildman–Crippen MR) is 127 cm³/mol. The third kappa shape index (κ3) is 5.86. The van der Waals surface area contributed by atoms with E-state index in [0.717, 1.165) is 37.2 Å². The summed E-state index contributed by atoms with van der Waals surface area (Å²) in [6.07, 6.45) is 12.5. The third-order valence-electron chi connectivity index (χ3n) is 8.32. The molecule has 0 amide bonds. The van der Waals surface area contributed by atoms with Gasteiger partial charge in [0.25, 0.3) is 5.92 Å². The van der Waals surface area contributed by atoms with E-state index < -0.39 is 11.3 Å². The van der Waals surface area contributed by atoms with Gasteiger partial charge in [-0.05, 0) is 101 Å². The highest BCUT2D eigenvalue weighted by Crippen LogP contribution is 2.62.